The molecule has 1 aliphatic carbocycles. The minimum atomic E-state index is -0.0943. The van der Waals surface area contributed by atoms with E-state index in [4.69, 9.17) is 19.2 Å². The molecule has 1 unspecified atom stereocenters. The third-order valence-corrected chi connectivity index (χ3v) is 6.82. The molecule has 176 valence electrons. The van der Waals surface area contributed by atoms with Crippen molar-refractivity contribution in [2.75, 3.05) is 31.6 Å². The number of ether oxygens (including phenoxy) is 3. The number of nitrogens with one attached hydrogen (secondary N) is 1. The van der Waals surface area contributed by atoms with Gasteiger partial charge < -0.3 is 24.4 Å². The molecule has 1 N–H and O–H groups in total. The minimum absolute atomic E-state index is 0.0738. The van der Waals surface area contributed by atoms with Crippen LogP contribution in [0, 0.1) is 5.92 Å². The molecule has 33 heavy (non-hydrogen) atoms. The van der Waals surface area contributed by atoms with Crippen molar-refractivity contribution in [2.45, 2.75) is 58.1 Å². The van der Waals surface area contributed by atoms with Crippen LogP contribution in [0.1, 0.15) is 46.0 Å². The first kappa shape index (κ1) is 21.8. The predicted octanol–water partition coefficient (Wildman–Crippen LogP) is 3.91. The van der Waals surface area contributed by atoms with E-state index in [-0.39, 0.29) is 12.0 Å². The molecule has 1 aromatic carbocycles. The number of hydrogen-bond acceptors (Lipinski definition) is 7. The van der Waals surface area contributed by atoms with E-state index in [1.165, 1.54) is 12.8 Å². The number of aromatic nitrogens is 2. The molecule has 3 aliphatic rings. The van der Waals surface area contributed by atoms with Crippen molar-refractivity contribution in [3.05, 3.63) is 24.4 Å². The molecule has 1 aromatic heterocycles. The number of benzene rings is 1. The van der Waals surface area contributed by atoms with Gasteiger partial charge in [-0.2, -0.15) is 4.98 Å². The zero-order valence-corrected chi connectivity index (χ0v) is 19.4. The van der Waals surface area contributed by atoms with E-state index >= 15 is 0 Å². The summed E-state index contributed by atoms with van der Waals surface area (Å²) in [5, 5.41) is 3.51. The number of amides is 1. The molecule has 3 heterocycles. The smallest absolute Gasteiger partial charge is 0.226 e. The normalized spacial score (nSPS) is 24.4. The maximum atomic E-state index is 11.8. The summed E-state index contributed by atoms with van der Waals surface area (Å²) in [5.74, 6) is 3.44. The van der Waals surface area contributed by atoms with Crippen LogP contribution in [-0.4, -0.2) is 59.2 Å². The lowest BCUT2D eigenvalue weighted by Gasteiger charge is -2.27. The van der Waals surface area contributed by atoms with Crippen molar-refractivity contribution in [3.63, 3.8) is 0 Å². The summed E-state index contributed by atoms with van der Waals surface area (Å²) in [6.45, 7) is 6.27. The molecule has 8 heteroatoms. The lowest BCUT2D eigenvalue weighted by Crippen LogP contribution is -2.29. The highest BCUT2D eigenvalue weighted by Crippen LogP contribution is 2.38. The SMILES string of the molecule is CC(=O)N1CCC(Oc2nc(N[C@H]3CC[C@H](C)CC3)ncc2-c2ccc3c(c2)OCCO3)C1. The van der Waals surface area contributed by atoms with Crippen molar-refractivity contribution in [2.24, 2.45) is 5.92 Å². The van der Waals surface area contributed by atoms with E-state index in [2.05, 4.69) is 17.2 Å². The van der Waals surface area contributed by atoms with Gasteiger partial charge >= 0.3 is 0 Å². The van der Waals surface area contributed by atoms with Crippen molar-refractivity contribution in [3.8, 4) is 28.5 Å². The number of carbonyl (C=O) groups excluding carboxylic acids is 1. The summed E-state index contributed by atoms with van der Waals surface area (Å²) in [7, 11) is 0. The van der Waals surface area contributed by atoms with E-state index in [0.29, 0.717) is 49.9 Å². The number of nitrogens with zero attached hydrogens (tertiary/aromatic N) is 3. The number of rotatable bonds is 5. The van der Waals surface area contributed by atoms with E-state index in [0.717, 1.165) is 42.1 Å². The van der Waals surface area contributed by atoms with Crippen LogP contribution in [0.2, 0.25) is 0 Å². The van der Waals surface area contributed by atoms with Crippen LogP contribution in [0.15, 0.2) is 24.4 Å². The molecule has 8 nitrogen and oxygen atoms in total. The molecule has 0 radical (unpaired) electrons. The quantitative estimate of drug-likeness (QED) is 0.736. The maximum Gasteiger partial charge on any atom is 0.226 e. The third-order valence-electron chi connectivity index (χ3n) is 6.82. The average Bonchev–Trinajstić information content (AvgIpc) is 3.29. The van der Waals surface area contributed by atoms with Crippen LogP contribution >= 0.6 is 0 Å². The first-order valence-electron chi connectivity index (χ1n) is 12.0. The second-order valence-electron chi connectivity index (χ2n) is 9.37. The predicted molar refractivity (Wildman–Crippen MR) is 125 cm³/mol. The van der Waals surface area contributed by atoms with Gasteiger partial charge in [-0.05, 0) is 49.3 Å². The summed E-state index contributed by atoms with van der Waals surface area (Å²) in [6, 6.07) is 6.22. The molecular formula is C25H32N4O4. The van der Waals surface area contributed by atoms with Gasteiger partial charge in [0.2, 0.25) is 17.7 Å². The Bertz CT molecular complexity index is 1010. The number of anilines is 1. The summed E-state index contributed by atoms with van der Waals surface area (Å²) in [6.07, 6.45) is 7.20. The van der Waals surface area contributed by atoms with Gasteiger partial charge in [0.25, 0.3) is 0 Å². The van der Waals surface area contributed by atoms with Crippen molar-refractivity contribution in [1.82, 2.24) is 14.9 Å². The number of hydrogen-bond donors (Lipinski definition) is 1. The van der Waals surface area contributed by atoms with E-state index in [1.54, 1.807) is 6.92 Å². The zero-order valence-electron chi connectivity index (χ0n) is 19.4. The van der Waals surface area contributed by atoms with E-state index in [1.807, 2.05) is 29.3 Å². The molecule has 1 saturated carbocycles. The average molecular weight is 453 g/mol. The highest BCUT2D eigenvalue weighted by Gasteiger charge is 2.28. The van der Waals surface area contributed by atoms with Crippen LogP contribution in [-0.2, 0) is 4.79 Å². The Morgan fingerprint density at radius 1 is 1.12 bits per heavy atom. The van der Waals surface area contributed by atoms with Gasteiger partial charge in [0.15, 0.2) is 11.5 Å². The molecule has 0 bridgehead atoms. The topological polar surface area (TPSA) is 85.8 Å². The highest BCUT2D eigenvalue weighted by molar-refractivity contribution is 5.74. The molecule has 2 aliphatic heterocycles. The Hall–Kier alpha value is -3.03. The van der Waals surface area contributed by atoms with Crippen molar-refractivity contribution in [1.29, 1.82) is 0 Å². The Labute approximate surface area is 194 Å². The lowest BCUT2D eigenvalue weighted by molar-refractivity contribution is -0.128. The standard InChI is InChI=1S/C25H32N4O4/c1-16-3-6-19(7-4-16)27-25-26-14-21(18-5-8-22-23(13-18)32-12-11-31-22)24(28-25)33-20-9-10-29(15-20)17(2)30/h5,8,13-14,16,19-20H,3-4,6-7,9-12,15H2,1-2H3,(H,26,27,28)/t16-,19-,20?. The van der Waals surface area contributed by atoms with Crippen LogP contribution in [0.4, 0.5) is 5.95 Å². The highest BCUT2D eigenvalue weighted by atomic mass is 16.6. The number of fused-ring (bicyclic) bond motifs is 1. The van der Waals surface area contributed by atoms with Crippen LogP contribution in [0.25, 0.3) is 11.1 Å². The molecule has 0 spiro atoms. The third kappa shape index (κ3) is 4.99. The summed E-state index contributed by atoms with van der Waals surface area (Å²) < 4.78 is 17.8. The molecule has 5 rings (SSSR count). The van der Waals surface area contributed by atoms with Crippen LogP contribution in [0.5, 0.6) is 17.4 Å². The fourth-order valence-electron chi connectivity index (χ4n) is 4.79. The van der Waals surface area contributed by atoms with Gasteiger partial charge in [0.05, 0.1) is 12.1 Å². The monoisotopic (exact) mass is 452 g/mol. The Balaban J connectivity index is 1.41. The Morgan fingerprint density at radius 3 is 2.67 bits per heavy atom. The molecule has 2 fully saturated rings. The summed E-state index contributed by atoms with van der Waals surface area (Å²) in [4.78, 5) is 23.0. The van der Waals surface area contributed by atoms with Gasteiger partial charge in [-0.1, -0.05) is 13.0 Å². The van der Waals surface area contributed by atoms with Crippen LogP contribution < -0.4 is 19.5 Å². The molecule has 2 aromatic rings. The van der Waals surface area contributed by atoms with Gasteiger partial charge in [-0.25, -0.2) is 4.98 Å². The van der Waals surface area contributed by atoms with Gasteiger partial charge in [0.1, 0.15) is 19.3 Å². The van der Waals surface area contributed by atoms with Gasteiger partial charge in [-0.3, -0.25) is 4.79 Å². The Kier molecular flexibility index (Phi) is 6.24. The molecule has 1 amide bonds. The number of likely N-dealkylation sites (tertiary alicyclic amines) is 1. The molecule has 1 saturated heterocycles. The van der Waals surface area contributed by atoms with Crippen LogP contribution in [0.3, 0.4) is 0 Å². The molecular weight excluding hydrogens is 420 g/mol. The second kappa shape index (κ2) is 9.45. The van der Waals surface area contributed by atoms with Gasteiger partial charge in [0, 0.05) is 32.1 Å². The summed E-state index contributed by atoms with van der Waals surface area (Å²) >= 11 is 0. The Morgan fingerprint density at radius 2 is 1.91 bits per heavy atom. The summed E-state index contributed by atoms with van der Waals surface area (Å²) in [5.41, 5.74) is 1.71. The maximum absolute atomic E-state index is 11.8. The molecule has 1 atom stereocenters. The lowest BCUT2D eigenvalue weighted by atomic mass is 9.87. The van der Waals surface area contributed by atoms with Crippen molar-refractivity contribution >= 4 is 11.9 Å². The second-order valence-corrected chi connectivity index (χ2v) is 9.37. The number of carbonyl (C=O) groups is 1. The fraction of sp³-hybridized carbons (Fsp3) is 0.560. The van der Waals surface area contributed by atoms with E-state index < -0.39 is 0 Å². The first-order chi connectivity index (χ1) is 16.0. The van der Waals surface area contributed by atoms with E-state index in [9.17, 15) is 4.79 Å². The first-order valence-corrected chi connectivity index (χ1v) is 12.0. The largest absolute Gasteiger partial charge is 0.486 e. The minimum Gasteiger partial charge on any atom is -0.486 e. The fourth-order valence-corrected chi connectivity index (χ4v) is 4.79. The zero-order chi connectivity index (χ0) is 22.8. The van der Waals surface area contributed by atoms with Gasteiger partial charge in [-0.15, -0.1) is 0 Å². The van der Waals surface area contributed by atoms with Crippen molar-refractivity contribution < 1.29 is 19.0 Å².